The summed E-state index contributed by atoms with van der Waals surface area (Å²) >= 11 is 0. The molecule has 0 fully saturated rings. The van der Waals surface area contributed by atoms with Crippen LogP contribution < -0.4 is 4.74 Å². The number of nitrogens with zero attached hydrogens (tertiary/aromatic N) is 1. The number of rotatable bonds is 7. The number of non-ortho nitro benzene ring substituents is 1. The fraction of sp³-hybridized carbons (Fsp3) is 0.364. The number of hydrogen-bond donors (Lipinski definition) is 0. The van der Waals surface area contributed by atoms with Gasteiger partial charge in [0.2, 0.25) is 0 Å². The summed E-state index contributed by atoms with van der Waals surface area (Å²) < 4.78 is 16.6. The molecule has 0 aliphatic carbocycles. The highest BCUT2D eigenvalue weighted by Crippen LogP contribution is 2.32. The number of benzene rings is 2. The Kier molecular flexibility index (Phi) is 6.34. The molecule has 0 aromatic heterocycles. The van der Waals surface area contributed by atoms with Crippen molar-refractivity contribution in [3.05, 3.63) is 69.3 Å². The predicted octanol–water partition coefficient (Wildman–Crippen LogP) is 3.96. The summed E-state index contributed by atoms with van der Waals surface area (Å²) in [4.78, 5) is 35.5. The Hall–Kier alpha value is -3.42. The highest BCUT2D eigenvalue weighted by molar-refractivity contribution is 5.95. The molecule has 1 heterocycles. The molecule has 2 aromatic carbocycles. The third-order valence-electron chi connectivity index (χ3n) is 4.91. The highest BCUT2D eigenvalue weighted by Gasteiger charge is 2.36. The molecule has 0 N–H and O–H groups in total. The molecule has 30 heavy (non-hydrogen) atoms. The van der Waals surface area contributed by atoms with Gasteiger partial charge in [0.25, 0.3) is 5.69 Å². The Morgan fingerprint density at radius 2 is 1.93 bits per heavy atom. The lowest BCUT2D eigenvalue weighted by molar-refractivity contribution is -0.384. The van der Waals surface area contributed by atoms with Crippen molar-refractivity contribution in [2.45, 2.75) is 38.9 Å². The first-order chi connectivity index (χ1) is 14.3. The maximum atomic E-state index is 12.6. The van der Waals surface area contributed by atoms with Crippen molar-refractivity contribution in [3.63, 3.8) is 0 Å². The monoisotopic (exact) mass is 413 g/mol. The van der Waals surface area contributed by atoms with Gasteiger partial charge in [-0.15, -0.1) is 0 Å². The number of carbonyl (C=O) groups excluding carboxylic acids is 2. The van der Waals surface area contributed by atoms with Gasteiger partial charge in [0.05, 0.1) is 17.6 Å². The van der Waals surface area contributed by atoms with Crippen molar-refractivity contribution < 1.29 is 28.7 Å². The first-order valence-electron chi connectivity index (χ1n) is 9.62. The van der Waals surface area contributed by atoms with Crippen LogP contribution in [0.1, 0.15) is 46.5 Å². The summed E-state index contributed by atoms with van der Waals surface area (Å²) in [6.07, 6.45) is -0.406. The first kappa shape index (κ1) is 21.3. The summed E-state index contributed by atoms with van der Waals surface area (Å²) in [5, 5.41) is 10.8. The van der Waals surface area contributed by atoms with Crippen LogP contribution in [0.4, 0.5) is 5.69 Å². The fourth-order valence-corrected chi connectivity index (χ4v) is 3.48. The van der Waals surface area contributed by atoms with E-state index < -0.39 is 29.1 Å². The van der Waals surface area contributed by atoms with Crippen LogP contribution in [0.3, 0.4) is 0 Å². The molecule has 0 unspecified atom stereocenters. The summed E-state index contributed by atoms with van der Waals surface area (Å²) in [6, 6.07) is 10.5. The van der Waals surface area contributed by atoms with E-state index in [4.69, 9.17) is 14.2 Å². The van der Waals surface area contributed by atoms with Crippen LogP contribution in [0.25, 0.3) is 0 Å². The van der Waals surface area contributed by atoms with Crippen molar-refractivity contribution in [1.29, 1.82) is 0 Å². The molecule has 0 bridgehead atoms. The van der Waals surface area contributed by atoms with Gasteiger partial charge in [-0.3, -0.25) is 10.1 Å². The van der Waals surface area contributed by atoms with Crippen molar-refractivity contribution in [3.8, 4) is 5.75 Å². The van der Waals surface area contributed by atoms with Crippen molar-refractivity contribution in [1.82, 2.24) is 0 Å². The molecule has 1 aliphatic heterocycles. The Labute approximate surface area is 173 Å². The van der Waals surface area contributed by atoms with Gasteiger partial charge in [0.15, 0.2) is 0 Å². The minimum absolute atomic E-state index is 0.114. The van der Waals surface area contributed by atoms with Crippen molar-refractivity contribution in [2.24, 2.45) is 5.92 Å². The zero-order chi connectivity index (χ0) is 21.8. The van der Waals surface area contributed by atoms with Gasteiger partial charge in [0, 0.05) is 18.6 Å². The Morgan fingerprint density at radius 1 is 1.23 bits per heavy atom. The smallest absolute Gasteiger partial charge is 0.342 e. The van der Waals surface area contributed by atoms with Gasteiger partial charge in [-0.2, -0.15) is 0 Å². The van der Waals surface area contributed by atoms with E-state index in [0.29, 0.717) is 24.2 Å². The summed E-state index contributed by atoms with van der Waals surface area (Å²) in [7, 11) is 1.49. The zero-order valence-electron chi connectivity index (χ0n) is 17.0. The number of carbonyl (C=O) groups is 2. The maximum Gasteiger partial charge on any atom is 0.342 e. The standard InChI is InChI=1S/C22H23NO7/c1-13(2)11-18(29-21(24)14-7-9-16(10-8-14)23(26)27)19-12-15-5-4-6-17(28-3)20(15)22(25)30-19/h4-10,13,18-19H,11-12H2,1-3H3/t18-,19+/m1/s1. The number of cyclic esters (lactones) is 1. The van der Waals surface area contributed by atoms with Gasteiger partial charge >= 0.3 is 11.9 Å². The fourth-order valence-electron chi connectivity index (χ4n) is 3.48. The van der Waals surface area contributed by atoms with Crippen LogP contribution in [-0.4, -0.2) is 36.2 Å². The first-order valence-corrected chi connectivity index (χ1v) is 9.62. The molecule has 0 saturated heterocycles. The number of esters is 2. The van der Waals surface area contributed by atoms with Gasteiger partial charge in [0.1, 0.15) is 23.5 Å². The van der Waals surface area contributed by atoms with E-state index in [1.165, 1.54) is 31.4 Å². The van der Waals surface area contributed by atoms with E-state index in [1.54, 1.807) is 12.1 Å². The van der Waals surface area contributed by atoms with E-state index in [1.807, 2.05) is 19.9 Å². The van der Waals surface area contributed by atoms with Gasteiger partial charge in [-0.05, 0) is 36.1 Å². The average molecular weight is 413 g/mol. The minimum atomic E-state index is -0.656. The number of methoxy groups -OCH3 is 1. The van der Waals surface area contributed by atoms with E-state index in [9.17, 15) is 19.7 Å². The normalized spacial score (nSPS) is 16.4. The Morgan fingerprint density at radius 3 is 2.53 bits per heavy atom. The van der Waals surface area contributed by atoms with E-state index in [-0.39, 0.29) is 17.2 Å². The largest absolute Gasteiger partial charge is 0.496 e. The Balaban J connectivity index is 1.81. The molecular formula is C22H23NO7. The highest BCUT2D eigenvalue weighted by atomic mass is 16.6. The lowest BCUT2D eigenvalue weighted by atomic mass is 9.92. The Bertz CT molecular complexity index is 952. The van der Waals surface area contributed by atoms with E-state index in [2.05, 4.69) is 0 Å². The average Bonchev–Trinajstić information content (AvgIpc) is 2.72. The third kappa shape index (κ3) is 4.59. The maximum absolute atomic E-state index is 12.6. The number of fused-ring (bicyclic) bond motifs is 1. The van der Waals surface area contributed by atoms with Crippen molar-refractivity contribution >= 4 is 17.6 Å². The van der Waals surface area contributed by atoms with Gasteiger partial charge < -0.3 is 14.2 Å². The molecular weight excluding hydrogens is 390 g/mol. The molecule has 2 atom stereocenters. The summed E-state index contributed by atoms with van der Waals surface area (Å²) in [6.45, 7) is 3.96. The van der Waals surface area contributed by atoms with E-state index >= 15 is 0 Å². The number of hydrogen-bond acceptors (Lipinski definition) is 7. The van der Waals surface area contributed by atoms with Crippen LogP contribution in [0.15, 0.2) is 42.5 Å². The van der Waals surface area contributed by atoms with Gasteiger partial charge in [-0.25, -0.2) is 9.59 Å². The predicted molar refractivity (Wildman–Crippen MR) is 108 cm³/mol. The zero-order valence-corrected chi connectivity index (χ0v) is 17.0. The quantitative estimate of drug-likeness (QED) is 0.384. The third-order valence-corrected chi connectivity index (χ3v) is 4.91. The lowest BCUT2D eigenvalue weighted by Crippen LogP contribution is -2.41. The molecule has 0 saturated carbocycles. The lowest BCUT2D eigenvalue weighted by Gasteiger charge is -2.32. The molecule has 8 nitrogen and oxygen atoms in total. The topological polar surface area (TPSA) is 105 Å². The van der Waals surface area contributed by atoms with Crippen molar-refractivity contribution in [2.75, 3.05) is 7.11 Å². The molecule has 0 radical (unpaired) electrons. The minimum Gasteiger partial charge on any atom is -0.496 e. The molecule has 158 valence electrons. The van der Waals surface area contributed by atoms with Crippen LogP contribution in [0.5, 0.6) is 5.75 Å². The molecule has 3 rings (SSSR count). The molecule has 0 amide bonds. The molecule has 0 spiro atoms. The number of nitro benzene ring substituents is 1. The van der Waals surface area contributed by atoms with Crippen LogP contribution in [0, 0.1) is 16.0 Å². The second-order valence-corrected chi connectivity index (χ2v) is 7.52. The second kappa shape index (κ2) is 8.94. The molecule has 1 aliphatic rings. The second-order valence-electron chi connectivity index (χ2n) is 7.52. The number of ether oxygens (including phenoxy) is 3. The van der Waals surface area contributed by atoms with Gasteiger partial charge in [-0.1, -0.05) is 26.0 Å². The van der Waals surface area contributed by atoms with Crippen LogP contribution in [0.2, 0.25) is 0 Å². The van der Waals surface area contributed by atoms with E-state index in [0.717, 1.165) is 5.56 Å². The summed E-state index contributed by atoms with van der Waals surface area (Å²) in [5.74, 6) is -0.508. The van der Waals surface area contributed by atoms with Crippen LogP contribution >= 0.6 is 0 Å². The molecule has 8 heteroatoms. The number of nitro groups is 1. The summed E-state index contributed by atoms with van der Waals surface area (Å²) in [5.41, 5.74) is 1.24. The SMILES string of the molecule is COc1cccc2c1C(=O)O[C@H]([C@@H](CC(C)C)OC(=O)c1ccc([N+](=O)[O-])cc1)C2. The van der Waals surface area contributed by atoms with Crippen LogP contribution in [-0.2, 0) is 15.9 Å². The molecule has 2 aromatic rings.